The molecule has 1 aliphatic rings. The molecule has 1 saturated heterocycles. The zero-order valence-electron chi connectivity index (χ0n) is 18.9. The number of aromatic nitrogens is 3. The molecular formula is C24H20F4N4O3S. The van der Waals surface area contributed by atoms with Gasteiger partial charge in [-0.2, -0.15) is 13.2 Å². The largest absolute Gasteiger partial charge is 0.417 e. The van der Waals surface area contributed by atoms with E-state index in [2.05, 4.69) is 15.0 Å². The standard InChI is InChI=1S/C24H20F4N4O3S/c1-13-12-32(6-7-36(13,34)35)15-9-18(25)21-19(10-15)30-23(31-21)20-8-14(11-29-20)22(33)16-4-2-3-5-17(16)24(26,27)28/h2-5,8-11,13,29H,6-7,12H2,1H3,(H,30,31)/t13-/m0/s1. The van der Waals surface area contributed by atoms with Crippen molar-refractivity contribution >= 4 is 32.3 Å². The lowest BCUT2D eigenvalue weighted by Crippen LogP contribution is -2.45. The molecule has 3 heterocycles. The number of sulfone groups is 1. The van der Waals surface area contributed by atoms with E-state index in [9.17, 15) is 30.8 Å². The fraction of sp³-hybridized carbons (Fsp3) is 0.250. The summed E-state index contributed by atoms with van der Waals surface area (Å²) in [7, 11) is -3.17. The number of rotatable bonds is 4. The first-order valence-electron chi connectivity index (χ1n) is 11.0. The molecule has 188 valence electrons. The topological polar surface area (TPSA) is 98.9 Å². The van der Waals surface area contributed by atoms with E-state index in [0.717, 1.165) is 12.1 Å². The Balaban J connectivity index is 1.45. The summed E-state index contributed by atoms with van der Waals surface area (Å²) in [5.74, 6) is -1.27. The predicted molar refractivity (Wildman–Crippen MR) is 126 cm³/mol. The van der Waals surface area contributed by atoms with Crippen LogP contribution in [-0.4, -0.2) is 53.2 Å². The Bertz CT molecular complexity index is 1590. The van der Waals surface area contributed by atoms with Gasteiger partial charge in [0.1, 0.15) is 5.52 Å². The van der Waals surface area contributed by atoms with Crippen LogP contribution in [0.15, 0.2) is 48.7 Å². The van der Waals surface area contributed by atoms with Crippen molar-refractivity contribution < 1.29 is 30.8 Å². The monoisotopic (exact) mass is 520 g/mol. The summed E-state index contributed by atoms with van der Waals surface area (Å²) >= 11 is 0. The number of ketones is 1. The maximum absolute atomic E-state index is 14.9. The van der Waals surface area contributed by atoms with E-state index in [4.69, 9.17) is 0 Å². The van der Waals surface area contributed by atoms with Crippen molar-refractivity contribution in [2.24, 2.45) is 0 Å². The first-order chi connectivity index (χ1) is 16.9. The molecule has 36 heavy (non-hydrogen) atoms. The van der Waals surface area contributed by atoms with Crippen molar-refractivity contribution in [1.29, 1.82) is 0 Å². The van der Waals surface area contributed by atoms with E-state index in [1.165, 1.54) is 30.5 Å². The summed E-state index contributed by atoms with van der Waals surface area (Å²) in [6.45, 7) is 2.08. The van der Waals surface area contributed by atoms with Crippen LogP contribution >= 0.6 is 0 Å². The van der Waals surface area contributed by atoms with Gasteiger partial charge in [0.25, 0.3) is 0 Å². The Morgan fingerprint density at radius 2 is 1.92 bits per heavy atom. The highest BCUT2D eigenvalue weighted by Gasteiger charge is 2.35. The highest BCUT2D eigenvalue weighted by atomic mass is 32.2. The number of nitrogens with zero attached hydrogens (tertiary/aromatic N) is 2. The zero-order valence-corrected chi connectivity index (χ0v) is 19.7. The molecule has 0 spiro atoms. The van der Waals surface area contributed by atoms with Gasteiger partial charge in [-0.15, -0.1) is 0 Å². The zero-order chi connectivity index (χ0) is 25.8. The van der Waals surface area contributed by atoms with Gasteiger partial charge >= 0.3 is 6.18 Å². The number of carbonyl (C=O) groups excluding carboxylic acids is 1. The number of carbonyl (C=O) groups is 1. The molecule has 1 aliphatic heterocycles. The van der Waals surface area contributed by atoms with Crippen LogP contribution in [0.2, 0.25) is 0 Å². The minimum atomic E-state index is -4.68. The van der Waals surface area contributed by atoms with Crippen molar-refractivity contribution in [2.75, 3.05) is 23.7 Å². The number of hydrogen-bond acceptors (Lipinski definition) is 5. The number of fused-ring (bicyclic) bond motifs is 1. The fourth-order valence-electron chi connectivity index (χ4n) is 4.31. The minimum absolute atomic E-state index is 0.00756. The number of nitrogens with one attached hydrogen (secondary N) is 2. The first-order valence-corrected chi connectivity index (χ1v) is 12.7. The summed E-state index contributed by atoms with van der Waals surface area (Å²) in [5, 5.41) is -0.584. The van der Waals surface area contributed by atoms with Gasteiger partial charge in [0.05, 0.1) is 27.8 Å². The van der Waals surface area contributed by atoms with Crippen LogP contribution in [0.3, 0.4) is 0 Å². The first kappa shape index (κ1) is 24.0. The van der Waals surface area contributed by atoms with Gasteiger partial charge in [-0.05, 0) is 31.2 Å². The lowest BCUT2D eigenvalue weighted by molar-refractivity contribution is -0.137. The number of aromatic amines is 2. The molecule has 12 heteroatoms. The molecule has 0 aliphatic carbocycles. The molecule has 0 radical (unpaired) electrons. The summed E-state index contributed by atoms with van der Waals surface area (Å²) in [4.78, 5) is 24.6. The maximum atomic E-state index is 14.9. The molecule has 0 amide bonds. The Labute approximate surface area is 203 Å². The van der Waals surface area contributed by atoms with E-state index in [1.54, 1.807) is 17.9 Å². The predicted octanol–water partition coefficient (Wildman–Crippen LogP) is 4.57. The van der Waals surface area contributed by atoms with E-state index in [0.29, 0.717) is 11.2 Å². The molecule has 0 saturated carbocycles. The second-order valence-corrected chi connectivity index (χ2v) is 11.2. The molecule has 2 N–H and O–H groups in total. The quantitative estimate of drug-likeness (QED) is 0.304. The SMILES string of the molecule is C[C@H]1CN(c2cc(F)c3nc(-c4cc(C(=O)c5ccccc5C(F)(F)F)c[nH]4)[nH]c3c2)CCS1(=O)=O. The lowest BCUT2D eigenvalue weighted by Gasteiger charge is -2.32. The van der Waals surface area contributed by atoms with Gasteiger partial charge in [0, 0.05) is 36.1 Å². The van der Waals surface area contributed by atoms with Gasteiger partial charge in [0.2, 0.25) is 0 Å². The van der Waals surface area contributed by atoms with E-state index >= 15 is 0 Å². The van der Waals surface area contributed by atoms with Gasteiger partial charge in [-0.25, -0.2) is 17.8 Å². The van der Waals surface area contributed by atoms with Crippen molar-refractivity contribution in [3.05, 3.63) is 71.2 Å². The van der Waals surface area contributed by atoms with Crippen LogP contribution < -0.4 is 4.90 Å². The number of hydrogen-bond donors (Lipinski definition) is 2. The summed E-state index contributed by atoms with van der Waals surface area (Å²) < 4.78 is 78.9. The maximum Gasteiger partial charge on any atom is 0.417 e. The average Bonchev–Trinajstić information content (AvgIpc) is 3.47. The van der Waals surface area contributed by atoms with Crippen LogP contribution in [0, 0.1) is 5.82 Å². The summed E-state index contributed by atoms with van der Waals surface area (Å²) in [5.41, 5.74) is -0.334. The number of halogens is 4. The van der Waals surface area contributed by atoms with Crippen LogP contribution in [0.5, 0.6) is 0 Å². The summed E-state index contributed by atoms with van der Waals surface area (Å²) in [6.07, 6.45) is -3.41. The number of imidazole rings is 1. The molecule has 4 aromatic rings. The van der Waals surface area contributed by atoms with Gasteiger partial charge < -0.3 is 14.9 Å². The molecule has 2 aromatic carbocycles. The van der Waals surface area contributed by atoms with E-state index < -0.39 is 44.0 Å². The van der Waals surface area contributed by atoms with E-state index in [1.807, 2.05) is 0 Å². The van der Waals surface area contributed by atoms with Crippen LogP contribution in [0.4, 0.5) is 23.2 Å². The van der Waals surface area contributed by atoms with Crippen molar-refractivity contribution in [3.8, 4) is 11.5 Å². The van der Waals surface area contributed by atoms with Crippen molar-refractivity contribution in [3.63, 3.8) is 0 Å². The number of benzene rings is 2. The van der Waals surface area contributed by atoms with E-state index in [-0.39, 0.29) is 41.4 Å². The van der Waals surface area contributed by atoms with Crippen LogP contribution in [-0.2, 0) is 16.0 Å². The number of alkyl halides is 3. The third kappa shape index (κ3) is 4.25. The summed E-state index contributed by atoms with van der Waals surface area (Å²) in [6, 6.07) is 8.82. The number of anilines is 1. The van der Waals surface area contributed by atoms with Crippen LogP contribution in [0.1, 0.15) is 28.4 Å². The van der Waals surface area contributed by atoms with Crippen LogP contribution in [0.25, 0.3) is 22.6 Å². The molecule has 5 rings (SSSR count). The second kappa shape index (κ2) is 8.47. The van der Waals surface area contributed by atoms with Gasteiger partial charge in [-0.1, -0.05) is 18.2 Å². The highest BCUT2D eigenvalue weighted by Crippen LogP contribution is 2.34. The number of H-pyrrole nitrogens is 2. The molecular weight excluding hydrogens is 500 g/mol. The molecule has 2 aromatic heterocycles. The molecule has 0 bridgehead atoms. The third-order valence-corrected chi connectivity index (χ3v) is 8.43. The van der Waals surface area contributed by atoms with Crippen molar-refractivity contribution in [1.82, 2.24) is 15.0 Å². The fourth-order valence-corrected chi connectivity index (χ4v) is 5.59. The smallest absolute Gasteiger partial charge is 0.369 e. The molecule has 1 fully saturated rings. The highest BCUT2D eigenvalue weighted by molar-refractivity contribution is 7.92. The Morgan fingerprint density at radius 1 is 1.17 bits per heavy atom. The molecule has 0 unspecified atom stereocenters. The third-order valence-electron chi connectivity index (χ3n) is 6.30. The Hall–Kier alpha value is -3.67. The average molecular weight is 521 g/mol. The minimum Gasteiger partial charge on any atom is -0.369 e. The molecule has 7 nitrogen and oxygen atoms in total. The van der Waals surface area contributed by atoms with Gasteiger partial charge in [-0.3, -0.25) is 4.79 Å². The molecule has 1 atom stereocenters. The normalized spacial score (nSPS) is 18.0. The Kier molecular flexibility index (Phi) is 5.66. The second-order valence-electron chi connectivity index (χ2n) is 8.71. The lowest BCUT2D eigenvalue weighted by atomic mass is 9.99. The van der Waals surface area contributed by atoms with Gasteiger partial charge in [0.15, 0.2) is 27.3 Å². The van der Waals surface area contributed by atoms with Crippen molar-refractivity contribution in [2.45, 2.75) is 18.3 Å². The Morgan fingerprint density at radius 3 is 2.64 bits per heavy atom.